The summed E-state index contributed by atoms with van der Waals surface area (Å²) in [6.45, 7) is 0.207. The fourth-order valence-corrected chi connectivity index (χ4v) is 4.27. The smallest absolute Gasteiger partial charge is 0.270 e. The van der Waals surface area contributed by atoms with Gasteiger partial charge in [-0.25, -0.2) is 9.29 Å². The molecule has 1 N–H and O–H groups in total. The number of nitrogens with one attached hydrogen (secondary N) is 1. The summed E-state index contributed by atoms with van der Waals surface area (Å²) in [7, 11) is 1.47. The van der Waals surface area contributed by atoms with E-state index in [1.54, 1.807) is 24.3 Å². The zero-order valence-electron chi connectivity index (χ0n) is 18.2. The van der Waals surface area contributed by atoms with Gasteiger partial charge in [-0.1, -0.05) is 57.9 Å². The number of carbonyl (C=O) groups excluding carboxylic acids is 2. The zero-order chi connectivity index (χ0) is 25.1. The molecule has 0 bridgehead atoms. The van der Waals surface area contributed by atoms with Crippen LogP contribution in [0.15, 0.2) is 70.7 Å². The van der Waals surface area contributed by atoms with Crippen molar-refractivity contribution in [3.63, 3.8) is 0 Å². The quantitative estimate of drug-likeness (QED) is 0.233. The largest absolute Gasteiger partial charge is 0.493 e. The van der Waals surface area contributed by atoms with E-state index in [4.69, 9.17) is 33.3 Å². The number of halogens is 3. The van der Waals surface area contributed by atoms with Crippen molar-refractivity contribution in [3.05, 3.63) is 92.7 Å². The molecule has 6 nitrogen and oxygen atoms in total. The number of hydrogen-bond donors (Lipinski definition) is 1. The second-order valence-electron chi connectivity index (χ2n) is 7.31. The van der Waals surface area contributed by atoms with Crippen LogP contribution in [-0.4, -0.2) is 24.0 Å². The summed E-state index contributed by atoms with van der Waals surface area (Å²) >= 11 is 14.8. The lowest BCUT2D eigenvalue weighted by Crippen LogP contribution is -2.54. The van der Waals surface area contributed by atoms with Crippen molar-refractivity contribution < 1.29 is 23.5 Å². The minimum absolute atomic E-state index is 0.0617. The van der Waals surface area contributed by atoms with Gasteiger partial charge in [0.05, 0.1) is 12.8 Å². The Bertz CT molecular complexity index is 1380. The molecule has 1 saturated heterocycles. The highest BCUT2D eigenvalue weighted by Gasteiger charge is 2.35. The van der Waals surface area contributed by atoms with Crippen molar-refractivity contribution in [1.82, 2.24) is 5.32 Å². The lowest BCUT2D eigenvalue weighted by molar-refractivity contribution is -0.122. The lowest BCUT2D eigenvalue weighted by Gasteiger charge is -2.29. The molecule has 1 heterocycles. The summed E-state index contributed by atoms with van der Waals surface area (Å²) in [5, 5.41) is 2.81. The first-order valence-electron chi connectivity index (χ1n) is 10.2. The zero-order valence-corrected chi connectivity index (χ0v) is 21.3. The maximum atomic E-state index is 14.4. The van der Waals surface area contributed by atoms with E-state index in [2.05, 4.69) is 21.2 Å². The second-order valence-corrected chi connectivity index (χ2v) is 8.96. The number of thiocarbonyl (C=S) groups is 1. The van der Waals surface area contributed by atoms with Crippen LogP contribution in [0.1, 0.15) is 11.1 Å². The molecule has 3 aromatic rings. The fourth-order valence-electron chi connectivity index (χ4n) is 3.37. The molecule has 3 aromatic carbocycles. The molecule has 0 spiro atoms. The van der Waals surface area contributed by atoms with Crippen LogP contribution in [0.2, 0.25) is 5.02 Å². The molecule has 0 saturated carbocycles. The first-order valence-corrected chi connectivity index (χ1v) is 11.8. The molecule has 10 heteroatoms. The SMILES string of the molecule is COc1cc(/C=C2\C(=O)NC(=S)N(c3ccccc3F)C2=O)c(Br)cc1OCc1ccccc1Cl. The predicted octanol–water partition coefficient (Wildman–Crippen LogP) is 5.66. The molecular weight excluding hydrogens is 559 g/mol. The summed E-state index contributed by atoms with van der Waals surface area (Å²) in [4.78, 5) is 26.7. The van der Waals surface area contributed by atoms with Gasteiger partial charge in [0.15, 0.2) is 16.6 Å². The van der Waals surface area contributed by atoms with Crippen LogP contribution < -0.4 is 19.7 Å². The van der Waals surface area contributed by atoms with E-state index >= 15 is 0 Å². The number of hydrogen-bond acceptors (Lipinski definition) is 5. The van der Waals surface area contributed by atoms with E-state index in [1.165, 1.54) is 31.4 Å². The van der Waals surface area contributed by atoms with E-state index in [0.29, 0.717) is 26.6 Å². The Morgan fingerprint density at radius 2 is 1.83 bits per heavy atom. The topological polar surface area (TPSA) is 67.9 Å². The van der Waals surface area contributed by atoms with Crippen molar-refractivity contribution >= 4 is 68.4 Å². The molecule has 35 heavy (non-hydrogen) atoms. The van der Waals surface area contributed by atoms with Gasteiger partial charge in [0, 0.05) is 15.1 Å². The number of benzene rings is 3. The van der Waals surface area contributed by atoms with Gasteiger partial charge in [0.1, 0.15) is 18.0 Å². The standard InChI is InChI=1S/C25H17BrClFN2O4S/c1-33-21-11-15(17(26)12-22(21)34-13-14-6-2-3-7-18(14)27)10-16-23(31)29-25(35)30(24(16)32)20-9-5-4-8-19(20)28/h2-12H,13H2,1H3,(H,29,31,35)/b16-10+. The van der Waals surface area contributed by atoms with Gasteiger partial charge >= 0.3 is 0 Å². The summed E-state index contributed by atoms with van der Waals surface area (Å²) in [5.74, 6) is -1.31. The highest BCUT2D eigenvalue weighted by Crippen LogP contribution is 2.36. The van der Waals surface area contributed by atoms with E-state index in [-0.39, 0.29) is 23.0 Å². The molecule has 1 aliphatic rings. The van der Waals surface area contributed by atoms with Crippen molar-refractivity contribution in [3.8, 4) is 11.5 Å². The van der Waals surface area contributed by atoms with Crippen molar-refractivity contribution in [2.45, 2.75) is 6.61 Å². The van der Waals surface area contributed by atoms with Crippen LogP contribution in [0.4, 0.5) is 10.1 Å². The molecule has 1 fully saturated rings. The molecule has 178 valence electrons. The van der Waals surface area contributed by atoms with Crippen LogP contribution in [0.25, 0.3) is 6.08 Å². The molecule has 0 aromatic heterocycles. The van der Waals surface area contributed by atoms with Gasteiger partial charge in [-0.2, -0.15) is 0 Å². The van der Waals surface area contributed by atoms with E-state index in [0.717, 1.165) is 10.5 Å². The molecule has 2 amide bonds. The first-order chi connectivity index (χ1) is 16.8. The van der Waals surface area contributed by atoms with Gasteiger partial charge in [-0.15, -0.1) is 0 Å². The number of carbonyl (C=O) groups is 2. The molecule has 4 rings (SSSR count). The number of amides is 2. The molecular formula is C25H17BrClFN2O4S. The van der Waals surface area contributed by atoms with Crippen LogP contribution in [0, 0.1) is 5.82 Å². The van der Waals surface area contributed by atoms with Gasteiger partial charge < -0.3 is 9.47 Å². The van der Waals surface area contributed by atoms with Crippen molar-refractivity contribution in [2.24, 2.45) is 0 Å². The third kappa shape index (κ3) is 5.22. The number of methoxy groups -OCH3 is 1. The third-order valence-corrected chi connectivity index (χ3v) is 6.46. The number of anilines is 1. The average molecular weight is 576 g/mol. The van der Waals surface area contributed by atoms with E-state index < -0.39 is 17.6 Å². The minimum Gasteiger partial charge on any atom is -0.493 e. The summed E-state index contributed by atoms with van der Waals surface area (Å²) < 4.78 is 26.2. The molecule has 0 radical (unpaired) electrons. The Morgan fingerprint density at radius 3 is 2.54 bits per heavy atom. The van der Waals surface area contributed by atoms with Crippen LogP contribution >= 0.6 is 39.7 Å². The lowest BCUT2D eigenvalue weighted by atomic mass is 10.1. The van der Waals surface area contributed by atoms with Gasteiger partial charge in [-0.3, -0.25) is 14.9 Å². The highest BCUT2D eigenvalue weighted by molar-refractivity contribution is 9.10. The van der Waals surface area contributed by atoms with Gasteiger partial charge in [0.2, 0.25) is 0 Å². The van der Waals surface area contributed by atoms with Gasteiger partial charge in [0.25, 0.3) is 11.8 Å². The average Bonchev–Trinajstić information content (AvgIpc) is 2.83. The number of rotatable bonds is 6. The van der Waals surface area contributed by atoms with E-state index in [1.807, 2.05) is 18.2 Å². The first kappa shape index (κ1) is 24.8. The Balaban J connectivity index is 1.66. The van der Waals surface area contributed by atoms with Crippen molar-refractivity contribution in [2.75, 3.05) is 12.0 Å². The Hall–Kier alpha value is -3.27. The Morgan fingerprint density at radius 1 is 1.11 bits per heavy atom. The molecule has 0 aliphatic carbocycles. The van der Waals surface area contributed by atoms with E-state index in [9.17, 15) is 14.0 Å². The summed E-state index contributed by atoms with van der Waals surface area (Å²) in [6, 6.07) is 16.2. The van der Waals surface area contributed by atoms with Gasteiger partial charge in [-0.05, 0) is 54.2 Å². The predicted molar refractivity (Wildman–Crippen MR) is 139 cm³/mol. The monoisotopic (exact) mass is 574 g/mol. The fraction of sp³-hybridized carbons (Fsp3) is 0.0800. The Labute approximate surface area is 219 Å². The second kappa shape index (κ2) is 10.6. The van der Waals surface area contributed by atoms with Crippen LogP contribution in [0.3, 0.4) is 0 Å². The maximum absolute atomic E-state index is 14.4. The van der Waals surface area contributed by atoms with Crippen LogP contribution in [-0.2, 0) is 16.2 Å². The number of nitrogens with zero attached hydrogens (tertiary/aromatic N) is 1. The van der Waals surface area contributed by atoms with Crippen LogP contribution in [0.5, 0.6) is 11.5 Å². The number of ether oxygens (including phenoxy) is 2. The molecule has 1 aliphatic heterocycles. The molecule has 0 unspecified atom stereocenters. The minimum atomic E-state index is -0.756. The Kier molecular flexibility index (Phi) is 7.49. The maximum Gasteiger partial charge on any atom is 0.270 e. The highest BCUT2D eigenvalue weighted by atomic mass is 79.9. The normalized spacial score (nSPS) is 14.8. The summed E-state index contributed by atoms with van der Waals surface area (Å²) in [5.41, 5.74) is 0.974. The number of para-hydroxylation sites is 1. The third-order valence-electron chi connectivity index (χ3n) is 5.12. The van der Waals surface area contributed by atoms with Crippen molar-refractivity contribution in [1.29, 1.82) is 0 Å². The molecule has 0 atom stereocenters. The summed E-state index contributed by atoms with van der Waals surface area (Å²) in [6.07, 6.45) is 1.37.